The average molecular weight is 582 g/mol. The third kappa shape index (κ3) is 4.92. The first kappa shape index (κ1) is 27.5. The summed E-state index contributed by atoms with van der Waals surface area (Å²) in [6.45, 7) is 9.43. The quantitative estimate of drug-likeness (QED) is 0.327. The second kappa shape index (κ2) is 10.7. The monoisotopic (exact) mass is 581 g/mol. The average Bonchev–Trinajstić information content (AvgIpc) is 3.76. The molecule has 2 amide bonds. The number of aryl methyl sites for hydroxylation is 1. The molecule has 3 aliphatic rings. The molecule has 3 aliphatic heterocycles. The molecule has 4 aromatic rings. The van der Waals surface area contributed by atoms with Crippen LogP contribution < -0.4 is 25.1 Å². The van der Waals surface area contributed by atoms with Crippen molar-refractivity contribution in [3.63, 3.8) is 0 Å². The van der Waals surface area contributed by atoms with Crippen LogP contribution in [0, 0.1) is 6.92 Å². The van der Waals surface area contributed by atoms with Crippen molar-refractivity contribution in [1.29, 1.82) is 0 Å². The van der Waals surface area contributed by atoms with Crippen LogP contribution >= 0.6 is 0 Å². The molecule has 1 aromatic carbocycles. The van der Waals surface area contributed by atoms with Gasteiger partial charge in [0.25, 0.3) is 5.56 Å². The van der Waals surface area contributed by atoms with Gasteiger partial charge in [-0.05, 0) is 44.2 Å². The van der Waals surface area contributed by atoms with E-state index in [0.717, 1.165) is 74.6 Å². The molecule has 10 heteroatoms. The van der Waals surface area contributed by atoms with Crippen LogP contribution in [0.4, 0.5) is 16.3 Å². The third-order valence-corrected chi connectivity index (χ3v) is 10.2. The van der Waals surface area contributed by atoms with Gasteiger partial charge >= 0.3 is 6.03 Å². The summed E-state index contributed by atoms with van der Waals surface area (Å²) in [5.74, 6) is 0.965. The Balaban J connectivity index is 0.988. The van der Waals surface area contributed by atoms with Crippen molar-refractivity contribution in [3.05, 3.63) is 89.0 Å². The van der Waals surface area contributed by atoms with Crippen molar-refractivity contribution < 1.29 is 9.20 Å². The number of nitrogens with zero attached hydrogens (tertiary/aromatic N) is 6. The summed E-state index contributed by atoms with van der Waals surface area (Å²) in [4.78, 5) is 40.7. The van der Waals surface area contributed by atoms with Crippen molar-refractivity contribution >= 4 is 23.1 Å². The van der Waals surface area contributed by atoms with Crippen LogP contribution in [0.2, 0.25) is 0 Å². The van der Waals surface area contributed by atoms with Gasteiger partial charge in [0.2, 0.25) is 11.8 Å². The van der Waals surface area contributed by atoms with Gasteiger partial charge in [0, 0.05) is 68.7 Å². The Kier molecular flexibility index (Phi) is 6.86. The molecule has 0 radical (unpaired) electrons. The van der Waals surface area contributed by atoms with E-state index < -0.39 is 0 Å². The molecular formula is C33H41N8O2+. The van der Waals surface area contributed by atoms with E-state index in [1.807, 2.05) is 45.7 Å². The van der Waals surface area contributed by atoms with Crippen molar-refractivity contribution in [1.82, 2.24) is 24.8 Å². The molecule has 3 aromatic heterocycles. The van der Waals surface area contributed by atoms with E-state index >= 15 is 0 Å². The van der Waals surface area contributed by atoms with Gasteiger partial charge in [0.05, 0.1) is 11.7 Å². The Hall–Kier alpha value is -4.34. The predicted molar refractivity (Wildman–Crippen MR) is 167 cm³/mol. The minimum atomic E-state index is -0.239. The van der Waals surface area contributed by atoms with Crippen LogP contribution in [-0.4, -0.2) is 70.3 Å². The molecule has 1 atom stereocenters. The predicted octanol–water partition coefficient (Wildman–Crippen LogP) is 3.24. The zero-order chi connectivity index (χ0) is 29.6. The van der Waals surface area contributed by atoms with Crippen LogP contribution in [0.3, 0.4) is 0 Å². The molecule has 0 saturated carbocycles. The van der Waals surface area contributed by atoms with E-state index in [1.54, 1.807) is 6.07 Å². The number of hydrogen-bond acceptors (Lipinski definition) is 5. The van der Waals surface area contributed by atoms with Crippen LogP contribution in [0.1, 0.15) is 43.9 Å². The van der Waals surface area contributed by atoms with E-state index in [4.69, 9.17) is 0 Å². The molecular weight excluding hydrogens is 540 g/mol. The second-order valence-electron chi connectivity index (χ2n) is 12.6. The Morgan fingerprint density at radius 1 is 0.977 bits per heavy atom. The Morgan fingerprint density at radius 2 is 1.77 bits per heavy atom. The topological polar surface area (TPSA) is 93.6 Å². The molecule has 7 rings (SSSR count). The number of anilines is 2. The largest absolute Gasteiger partial charge is 0.370 e. The van der Waals surface area contributed by atoms with Gasteiger partial charge in [-0.3, -0.25) is 4.79 Å². The fraction of sp³-hybridized carbons (Fsp3) is 0.455. The lowest BCUT2D eigenvalue weighted by Gasteiger charge is -2.39. The summed E-state index contributed by atoms with van der Waals surface area (Å²) in [7, 11) is 0. The van der Waals surface area contributed by atoms with E-state index in [2.05, 4.69) is 68.4 Å². The van der Waals surface area contributed by atoms with Crippen molar-refractivity contribution in [2.24, 2.45) is 0 Å². The molecule has 6 heterocycles. The van der Waals surface area contributed by atoms with Crippen LogP contribution in [0.5, 0.6) is 0 Å². The molecule has 3 saturated heterocycles. The summed E-state index contributed by atoms with van der Waals surface area (Å²) < 4.78 is 3.85. The zero-order valence-electron chi connectivity index (χ0n) is 25.1. The summed E-state index contributed by atoms with van der Waals surface area (Å²) in [6.07, 6.45) is 11.5. The van der Waals surface area contributed by atoms with Gasteiger partial charge in [-0.15, -0.1) is 0 Å². The Morgan fingerprint density at radius 3 is 2.53 bits per heavy atom. The van der Waals surface area contributed by atoms with Gasteiger partial charge in [-0.25, -0.2) is 14.8 Å². The summed E-state index contributed by atoms with van der Waals surface area (Å²) >= 11 is 0. The Bertz CT molecular complexity index is 1690. The Labute approximate surface area is 252 Å². The number of H-pyrrole nitrogens is 1. The number of carbonyl (C=O) groups excluding carboxylic acids is 1. The molecule has 10 nitrogen and oxygen atoms in total. The zero-order valence-corrected chi connectivity index (χ0v) is 25.1. The fourth-order valence-electron chi connectivity index (χ4n) is 7.54. The minimum Gasteiger partial charge on any atom is -0.370 e. The molecule has 224 valence electrons. The number of aromatic nitrogens is 4. The molecule has 1 spiro atoms. The van der Waals surface area contributed by atoms with Gasteiger partial charge in [-0.1, -0.05) is 37.3 Å². The van der Waals surface area contributed by atoms with Crippen LogP contribution in [-0.2, 0) is 12.0 Å². The van der Waals surface area contributed by atoms with Crippen LogP contribution in [0.25, 0.3) is 5.52 Å². The number of benzene rings is 1. The number of carbonyl (C=O) groups is 1. The molecule has 43 heavy (non-hydrogen) atoms. The normalized spacial score (nSPS) is 21.7. The highest BCUT2D eigenvalue weighted by Gasteiger charge is 2.45. The number of hydrogen-bond donors (Lipinski definition) is 2. The SMILES string of the molecule is CC[C@]1(c2ccccc2)CCN(c2cc(C)n(CCN3CC4(CCN(c5ncc[n+]6c[nH]cc56)CC4)NC3=O)c(=O)c2)C1. The van der Waals surface area contributed by atoms with Crippen LogP contribution in [0.15, 0.2) is 72.2 Å². The number of urea groups is 1. The maximum Gasteiger partial charge on any atom is 0.318 e. The van der Waals surface area contributed by atoms with Gasteiger partial charge < -0.3 is 24.6 Å². The van der Waals surface area contributed by atoms with Crippen molar-refractivity contribution in [3.8, 4) is 0 Å². The molecule has 0 unspecified atom stereocenters. The molecule has 3 fully saturated rings. The van der Waals surface area contributed by atoms with E-state index in [0.29, 0.717) is 19.6 Å². The molecule has 0 aliphatic carbocycles. The maximum atomic E-state index is 13.3. The first-order valence-corrected chi connectivity index (χ1v) is 15.6. The highest BCUT2D eigenvalue weighted by atomic mass is 16.2. The number of imidazole rings is 1. The van der Waals surface area contributed by atoms with Crippen molar-refractivity contribution in [2.45, 2.75) is 57.0 Å². The van der Waals surface area contributed by atoms with E-state index in [1.165, 1.54) is 5.56 Å². The number of piperidine rings is 1. The highest BCUT2D eigenvalue weighted by Crippen LogP contribution is 2.39. The van der Waals surface area contributed by atoms with E-state index in [-0.39, 0.29) is 22.5 Å². The maximum absolute atomic E-state index is 13.3. The number of rotatable bonds is 7. The number of nitrogens with one attached hydrogen (secondary N) is 2. The van der Waals surface area contributed by atoms with Gasteiger partial charge in [-0.2, -0.15) is 4.40 Å². The summed E-state index contributed by atoms with van der Waals surface area (Å²) in [5, 5.41) is 3.30. The fourth-order valence-corrected chi connectivity index (χ4v) is 7.54. The van der Waals surface area contributed by atoms with E-state index in [9.17, 15) is 9.59 Å². The lowest BCUT2D eigenvalue weighted by molar-refractivity contribution is -0.511. The first-order chi connectivity index (χ1) is 20.9. The molecule has 2 N–H and O–H groups in total. The number of fused-ring (bicyclic) bond motifs is 1. The molecule has 0 bridgehead atoms. The lowest BCUT2D eigenvalue weighted by atomic mass is 9.77. The highest BCUT2D eigenvalue weighted by molar-refractivity contribution is 5.78. The second-order valence-corrected chi connectivity index (χ2v) is 12.6. The number of pyridine rings is 1. The first-order valence-electron chi connectivity index (χ1n) is 15.6. The standard InChI is InChI=1S/C33H40N8O2/c1-3-32(26-7-5-4-6-8-26)9-13-38(22-32)27-19-25(2)41(29(42)20-27)18-17-39-23-33(36-31(39)43)10-14-37(15-11-33)30-28-21-34-24-40(28)16-12-35-30/h4-8,12,16,19-21,24H,3,9-11,13-15,17-18,22-23H2,1-2H3,(H,36,43)/p+1/t32-/m0/s1. The third-order valence-electron chi connectivity index (χ3n) is 10.2. The summed E-state index contributed by atoms with van der Waals surface area (Å²) in [6, 6.07) is 14.7. The summed E-state index contributed by atoms with van der Waals surface area (Å²) in [5.41, 5.74) is 4.23. The van der Waals surface area contributed by atoms with Gasteiger partial charge in [0.15, 0.2) is 5.82 Å². The number of aromatic amines is 1. The minimum absolute atomic E-state index is 0.00404. The van der Waals surface area contributed by atoms with Crippen molar-refractivity contribution in [2.75, 3.05) is 49.1 Å². The smallest absolute Gasteiger partial charge is 0.318 e. The lowest BCUT2D eigenvalue weighted by Crippen LogP contribution is -2.53. The number of amides is 2. The van der Waals surface area contributed by atoms with Gasteiger partial charge in [0.1, 0.15) is 12.4 Å².